The quantitative estimate of drug-likeness (QED) is 0.820. The molecule has 19 heavy (non-hydrogen) atoms. The van der Waals surface area contributed by atoms with Gasteiger partial charge in [0.05, 0.1) is 11.2 Å². The lowest BCUT2D eigenvalue weighted by Gasteiger charge is -2.24. The van der Waals surface area contributed by atoms with Gasteiger partial charge < -0.3 is 5.32 Å². The Morgan fingerprint density at radius 2 is 2.05 bits per heavy atom. The molecule has 1 heterocycles. The molecule has 0 saturated carbocycles. The highest BCUT2D eigenvalue weighted by Crippen LogP contribution is 2.19. The molecule has 3 nitrogen and oxygen atoms in total. The van der Waals surface area contributed by atoms with Crippen molar-refractivity contribution < 1.29 is 0 Å². The Morgan fingerprint density at radius 1 is 1.32 bits per heavy atom. The Balaban J connectivity index is 2.21. The molecule has 0 amide bonds. The molecule has 0 aliphatic carbocycles. The zero-order valence-electron chi connectivity index (χ0n) is 11.9. The van der Waals surface area contributed by atoms with Crippen LogP contribution in [0.1, 0.15) is 32.9 Å². The second-order valence-corrected chi connectivity index (χ2v) is 5.83. The summed E-state index contributed by atoms with van der Waals surface area (Å²) < 4.78 is 2.06. The minimum atomic E-state index is 0.0405. The minimum Gasteiger partial charge on any atom is -0.306 e. The van der Waals surface area contributed by atoms with Gasteiger partial charge in [0.25, 0.3) is 0 Å². The number of hydrogen-bond acceptors (Lipinski definition) is 2. The summed E-state index contributed by atoms with van der Waals surface area (Å²) in [5.41, 5.74) is 2.36. The van der Waals surface area contributed by atoms with Crippen molar-refractivity contribution in [3.8, 4) is 0 Å². The van der Waals surface area contributed by atoms with E-state index in [4.69, 9.17) is 16.7 Å². The van der Waals surface area contributed by atoms with Crippen molar-refractivity contribution in [2.75, 3.05) is 5.88 Å². The van der Waals surface area contributed by atoms with Crippen molar-refractivity contribution in [3.63, 3.8) is 0 Å². The summed E-state index contributed by atoms with van der Waals surface area (Å²) in [5.74, 6) is 0.671. The summed E-state index contributed by atoms with van der Waals surface area (Å²) in [6.45, 7) is 8.14. The van der Waals surface area contributed by atoms with Crippen LogP contribution in [0.2, 0.25) is 0 Å². The number of rotatable bonds is 6. The van der Waals surface area contributed by atoms with Crippen LogP contribution in [0.5, 0.6) is 0 Å². The van der Waals surface area contributed by atoms with Gasteiger partial charge in [-0.15, -0.1) is 11.6 Å². The molecular formula is C15H22ClN3. The molecule has 0 spiro atoms. The lowest BCUT2D eigenvalue weighted by Crippen LogP contribution is -2.39. The van der Waals surface area contributed by atoms with E-state index in [1.54, 1.807) is 0 Å². The highest BCUT2D eigenvalue weighted by atomic mass is 35.5. The van der Waals surface area contributed by atoms with Crippen molar-refractivity contribution in [2.24, 2.45) is 0 Å². The molecule has 2 aromatic rings. The van der Waals surface area contributed by atoms with Crippen LogP contribution in [0.3, 0.4) is 0 Å². The number of hydrogen-bond donors (Lipinski definition) is 1. The van der Waals surface area contributed by atoms with Crippen molar-refractivity contribution in [1.29, 1.82) is 0 Å². The number of para-hydroxylation sites is 1. The summed E-state index contributed by atoms with van der Waals surface area (Å²) in [7, 11) is 0. The van der Waals surface area contributed by atoms with Gasteiger partial charge in [-0.1, -0.05) is 18.2 Å². The van der Waals surface area contributed by atoms with Gasteiger partial charge in [-0.25, -0.2) is 0 Å². The second kappa shape index (κ2) is 5.93. The van der Waals surface area contributed by atoms with Gasteiger partial charge in [-0.05, 0) is 33.3 Å². The van der Waals surface area contributed by atoms with Gasteiger partial charge in [0.15, 0.2) is 0 Å². The van der Waals surface area contributed by atoms with Gasteiger partial charge in [0, 0.05) is 29.9 Å². The SMILES string of the molecule is CCn1nc(CNC(C)(C)CCCl)c2ccccc21. The maximum absolute atomic E-state index is 5.83. The van der Waals surface area contributed by atoms with E-state index in [2.05, 4.69) is 55.0 Å². The fraction of sp³-hybridized carbons (Fsp3) is 0.533. The summed E-state index contributed by atoms with van der Waals surface area (Å²) >= 11 is 5.83. The van der Waals surface area contributed by atoms with Crippen LogP contribution in [0.4, 0.5) is 0 Å². The standard InChI is InChI=1S/C15H22ClN3/c1-4-19-14-8-6-5-7-12(14)13(18-19)11-17-15(2,3)9-10-16/h5-8,17H,4,9-11H2,1-3H3. The Morgan fingerprint density at radius 3 is 2.74 bits per heavy atom. The Labute approximate surface area is 119 Å². The molecule has 1 aromatic heterocycles. The summed E-state index contributed by atoms with van der Waals surface area (Å²) in [4.78, 5) is 0. The number of fused-ring (bicyclic) bond motifs is 1. The Bertz CT molecular complexity index is 545. The van der Waals surface area contributed by atoms with E-state index < -0.39 is 0 Å². The Kier molecular flexibility index (Phi) is 4.48. The van der Waals surface area contributed by atoms with Gasteiger partial charge in [0.2, 0.25) is 0 Å². The second-order valence-electron chi connectivity index (χ2n) is 5.46. The predicted molar refractivity (Wildman–Crippen MR) is 81.7 cm³/mol. The van der Waals surface area contributed by atoms with E-state index in [9.17, 15) is 0 Å². The normalized spacial score (nSPS) is 12.2. The van der Waals surface area contributed by atoms with Crippen LogP contribution in [0, 0.1) is 0 Å². The zero-order chi connectivity index (χ0) is 13.9. The molecule has 0 atom stereocenters. The van der Waals surface area contributed by atoms with Crippen molar-refractivity contribution in [1.82, 2.24) is 15.1 Å². The fourth-order valence-electron chi connectivity index (χ4n) is 2.22. The number of nitrogens with one attached hydrogen (secondary N) is 1. The molecular weight excluding hydrogens is 258 g/mol. The molecule has 0 saturated heterocycles. The summed E-state index contributed by atoms with van der Waals surface area (Å²) in [6.07, 6.45) is 0.945. The van der Waals surface area contributed by atoms with E-state index in [-0.39, 0.29) is 5.54 Å². The van der Waals surface area contributed by atoms with Crippen molar-refractivity contribution >= 4 is 22.5 Å². The third-order valence-electron chi connectivity index (χ3n) is 3.49. The highest BCUT2D eigenvalue weighted by molar-refractivity contribution is 6.17. The van der Waals surface area contributed by atoms with E-state index in [0.717, 1.165) is 25.2 Å². The molecule has 4 heteroatoms. The maximum atomic E-state index is 5.83. The number of aryl methyl sites for hydroxylation is 1. The van der Waals surface area contributed by atoms with E-state index in [0.29, 0.717) is 5.88 Å². The van der Waals surface area contributed by atoms with Crippen LogP contribution in [0.25, 0.3) is 10.9 Å². The van der Waals surface area contributed by atoms with Crippen LogP contribution < -0.4 is 5.32 Å². The minimum absolute atomic E-state index is 0.0405. The maximum Gasteiger partial charge on any atom is 0.0841 e. The van der Waals surface area contributed by atoms with Crippen LogP contribution in [-0.4, -0.2) is 21.2 Å². The van der Waals surface area contributed by atoms with Crippen molar-refractivity contribution in [3.05, 3.63) is 30.0 Å². The van der Waals surface area contributed by atoms with Crippen LogP contribution in [-0.2, 0) is 13.1 Å². The molecule has 0 aliphatic rings. The monoisotopic (exact) mass is 279 g/mol. The third-order valence-corrected chi connectivity index (χ3v) is 3.68. The topological polar surface area (TPSA) is 29.9 Å². The lowest BCUT2D eigenvalue weighted by molar-refractivity contribution is 0.373. The molecule has 1 N–H and O–H groups in total. The first-order chi connectivity index (χ1) is 9.07. The summed E-state index contributed by atoms with van der Waals surface area (Å²) in [5, 5.41) is 9.47. The van der Waals surface area contributed by atoms with E-state index in [1.165, 1.54) is 10.9 Å². The third kappa shape index (κ3) is 3.28. The van der Waals surface area contributed by atoms with Crippen molar-refractivity contribution in [2.45, 2.75) is 45.8 Å². The number of halogens is 1. The van der Waals surface area contributed by atoms with E-state index in [1.807, 2.05) is 0 Å². The first-order valence-corrected chi connectivity index (χ1v) is 7.36. The molecule has 0 radical (unpaired) electrons. The molecule has 0 aliphatic heterocycles. The first kappa shape index (κ1) is 14.4. The number of alkyl halides is 1. The molecule has 2 rings (SSSR count). The van der Waals surface area contributed by atoms with Gasteiger partial charge >= 0.3 is 0 Å². The summed E-state index contributed by atoms with van der Waals surface area (Å²) in [6, 6.07) is 8.39. The Hall–Kier alpha value is -1.06. The van der Waals surface area contributed by atoms with Crippen LogP contribution >= 0.6 is 11.6 Å². The molecule has 1 aromatic carbocycles. The highest BCUT2D eigenvalue weighted by Gasteiger charge is 2.17. The number of benzene rings is 1. The average Bonchev–Trinajstić information content (AvgIpc) is 2.75. The largest absolute Gasteiger partial charge is 0.306 e. The van der Waals surface area contributed by atoms with E-state index >= 15 is 0 Å². The molecule has 0 unspecified atom stereocenters. The van der Waals surface area contributed by atoms with Gasteiger partial charge in [-0.2, -0.15) is 5.10 Å². The number of aromatic nitrogens is 2. The zero-order valence-corrected chi connectivity index (χ0v) is 12.7. The van der Waals surface area contributed by atoms with Crippen LogP contribution in [0.15, 0.2) is 24.3 Å². The predicted octanol–water partition coefficient (Wildman–Crippen LogP) is 3.55. The molecule has 0 bridgehead atoms. The number of nitrogens with zero attached hydrogens (tertiary/aromatic N) is 2. The smallest absolute Gasteiger partial charge is 0.0841 e. The fourth-order valence-corrected chi connectivity index (χ4v) is 2.69. The first-order valence-electron chi connectivity index (χ1n) is 6.83. The average molecular weight is 280 g/mol. The molecule has 0 fully saturated rings. The van der Waals surface area contributed by atoms with Gasteiger partial charge in [-0.3, -0.25) is 4.68 Å². The van der Waals surface area contributed by atoms with Gasteiger partial charge in [0.1, 0.15) is 0 Å². The molecule has 104 valence electrons. The lowest BCUT2D eigenvalue weighted by atomic mass is 10.0.